The molecule has 0 amide bonds. The highest BCUT2D eigenvalue weighted by Crippen LogP contribution is 2.30. The zero-order valence-electron chi connectivity index (χ0n) is 9.84. The van der Waals surface area contributed by atoms with E-state index in [0.29, 0.717) is 12.5 Å². The minimum absolute atomic E-state index is 0.0299. The Morgan fingerprint density at radius 1 is 1.50 bits per heavy atom. The molecule has 0 spiro atoms. The number of hydrogen-bond donors (Lipinski definition) is 1. The molecule has 7 nitrogen and oxygen atoms in total. The van der Waals surface area contributed by atoms with Gasteiger partial charge in [-0.05, 0) is 24.4 Å². The SMILES string of the molecule is COc1nc(Cl)nc(N(CCC(=O)O)C2CC2)n1. The Kier molecular flexibility index (Phi) is 3.81. The maximum Gasteiger partial charge on any atom is 0.322 e. The summed E-state index contributed by atoms with van der Waals surface area (Å²) in [6.45, 7) is 0.351. The molecule has 0 aromatic carbocycles. The largest absolute Gasteiger partial charge is 0.481 e. The van der Waals surface area contributed by atoms with E-state index in [-0.39, 0.29) is 23.8 Å². The number of hydrogen-bond acceptors (Lipinski definition) is 6. The molecular formula is C10H13ClN4O3. The van der Waals surface area contributed by atoms with E-state index in [1.165, 1.54) is 7.11 Å². The number of anilines is 1. The molecule has 0 aliphatic heterocycles. The zero-order chi connectivity index (χ0) is 13.1. The summed E-state index contributed by atoms with van der Waals surface area (Å²) in [7, 11) is 1.44. The molecule has 0 unspecified atom stereocenters. The molecule has 1 N–H and O–H groups in total. The van der Waals surface area contributed by atoms with Gasteiger partial charge in [-0.2, -0.15) is 15.0 Å². The second-order valence-corrected chi connectivity index (χ2v) is 4.30. The van der Waals surface area contributed by atoms with Crippen molar-refractivity contribution in [3.8, 4) is 6.01 Å². The molecule has 18 heavy (non-hydrogen) atoms. The molecule has 1 aromatic rings. The van der Waals surface area contributed by atoms with Crippen LogP contribution in [0, 0.1) is 0 Å². The summed E-state index contributed by atoms with van der Waals surface area (Å²) < 4.78 is 4.92. The smallest absolute Gasteiger partial charge is 0.322 e. The highest BCUT2D eigenvalue weighted by molar-refractivity contribution is 6.28. The van der Waals surface area contributed by atoms with Gasteiger partial charge in [0.25, 0.3) is 0 Å². The van der Waals surface area contributed by atoms with Crippen LogP contribution in [0.25, 0.3) is 0 Å². The average Bonchev–Trinajstić information content (AvgIpc) is 3.12. The molecule has 2 rings (SSSR count). The highest BCUT2D eigenvalue weighted by atomic mass is 35.5. The van der Waals surface area contributed by atoms with Crippen molar-refractivity contribution in [3.05, 3.63) is 5.28 Å². The molecule has 1 aliphatic rings. The summed E-state index contributed by atoms with van der Waals surface area (Å²) in [5, 5.41) is 8.78. The first kappa shape index (κ1) is 12.8. The Labute approximate surface area is 109 Å². The number of methoxy groups -OCH3 is 1. The van der Waals surface area contributed by atoms with E-state index in [1.807, 2.05) is 4.90 Å². The molecule has 1 saturated carbocycles. The summed E-state index contributed by atoms with van der Waals surface area (Å²) in [4.78, 5) is 24.4. The van der Waals surface area contributed by atoms with Crippen LogP contribution in [0.3, 0.4) is 0 Å². The van der Waals surface area contributed by atoms with Gasteiger partial charge < -0.3 is 14.7 Å². The van der Waals surface area contributed by atoms with E-state index in [1.54, 1.807) is 0 Å². The molecule has 1 fully saturated rings. The lowest BCUT2D eigenvalue weighted by Gasteiger charge is -2.21. The van der Waals surface area contributed by atoms with Crippen LogP contribution in [0.15, 0.2) is 0 Å². The van der Waals surface area contributed by atoms with Gasteiger partial charge in [-0.25, -0.2) is 0 Å². The van der Waals surface area contributed by atoms with Crippen molar-refractivity contribution in [1.29, 1.82) is 0 Å². The third kappa shape index (κ3) is 3.19. The van der Waals surface area contributed by atoms with Crippen LogP contribution < -0.4 is 9.64 Å². The van der Waals surface area contributed by atoms with Gasteiger partial charge in [0, 0.05) is 12.6 Å². The fraction of sp³-hybridized carbons (Fsp3) is 0.600. The van der Waals surface area contributed by atoms with E-state index in [2.05, 4.69) is 15.0 Å². The molecule has 0 bridgehead atoms. The maximum absolute atomic E-state index is 10.6. The number of rotatable bonds is 6. The number of aliphatic carboxylic acids is 1. The van der Waals surface area contributed by atoms with E-state index in [4.69, 9.17) is 21.4 Å². The summed E-state index contributed by atoms with van der Waals surface area (Å²) in [5.41, 5.74) is 0. The highest BCUT2D eigenvalue weighted by Gasteiger charge is 2.31. The van der Waals surface area contributed by atoms with Gasteiger partial charge in [0.2, 0.25) is 11.2 Å². The van der Waals surface area contributed by atoms with Crippen LogP contribution in [0.2, 0.25) is 5.28 Å². The fourth-order valence-corrected chi connectivity index (χ4v) is 1.74. The Morgan fingerprint density at radius 3 is 2.78 bits per heavy atom. The summed E-state index contributed by atoms with van der Waals surface area (Å²) in [5.74, 6) is -0.483. The average molecular weight is 273 g/mol. The molecule has 0 radical (unpaired) electrons. The normalized spacial score (nSPS) is 14.3. The van der Waals surface area contributed by atoms with Gasteiger partial charge in [-0.15, -0.1) is 0 Å². The Bertz CT molecular complexity index is 453. The van der Waals surface area contributed by atoms with Crippen molar-refractivity contribution in [1.82, 2.24) is 15.0 Å². The fourth-order valence-electron chi connectivity index (χ4n) is 1.59. The van der Waals surface area contributed by atoms with Gasteiger partial charge in [0.05, 0.1) is 13.5 Å². The summed E-state index contributed by atoms with van der Waals surface area (Å²) in [6, 6.07) is 0.415. The molecular weight excluding hydrogens is 260 g/mol. The van der Waals surface area contributed by atoms with Gasteiger partial charge in [0.1, 0.15) is 0 Å². The van der Waals surface area contributed by atoms with Crippen LogP contribution in [-0.4, -0.2) is 45.7 Å². The van der Waals surface area contributed by atoms with Gasteiger partial charge >= 0.3 is 12.0 Å². The van der Waals surface area contributed by atoms with Crippen molar-refractivity contribution in [2.45, 2.75) is 25.3 Å². The van der Waals surface area contributed by atoms with Gasteiger partial charge in [0.15, 0.2) is 0 Å². The van der Waals surface area contributed by atoms with Crippen LogP contribution in [0.4, 0.5) is 5.95 Å². The van der Waals surface area contributed by atoms with Crippen LogP contribution in [0.5, 0.6) is 6.01 Å². The first-order valence-corrected chi connectivity index (χ1v) is 5.92. The minimum Gasteiger partial charge on any atom is -0.481 e. The molecule has 98 valence electrons. The second kappa shape index (κ2) is 5.34. The zero-order valence-corrected chi connectivity index (χ0v) is 10.6. The quantitative estimate of drug-likeness (QED) is 0.825. The first-order valence-electron chi connectivity index (χ1n) is 5.54. The lowest BCUT2D eigenvalue weighted by atomic mass is 10.4. The number of nitrogens with zero attached hydrogens (tertiary/aromatic N) is 4. The lowest BCUT2D eigenvalue weighted by Crippen LogP contribution is -2.30. The third-order valence-electron chi connectivity index (χ3n) is 2.57. The maximum atomic E-state index is 10.6. The van der Waals surface area contributed by atoms with E-state index in [9.17, 15) is 4.79 Å². The van der Waals surface area contributed by atoms with Crippen molar-refractivity contribution in [2.75, 3.05) is 18.6 Å². The number of carbonyl (C=O) groups is 1. The Balaban J connectivity index is 2.18. The standard InChI is InChI=1S/C10H13ClN4O3/c1-18-10-13-8(11)12-9(14-10)15(6-2-3-6)5-4-7(16)17/h6H,2-5H2,1H3,(H,16,17). The van der Waals surface area contributed by atoms with Crippen molar-refractivity contribution in [2.24, 2.45) is 0 Å². The first-order chi connectivity index (χ1) is 8.60. The Morgan fingerprint density at radius 2 is 2.22 bits per heavy atom. The number of aromatic nitrogens is 3. The van der Waals surface area contributed by atoms with Crippen LogP contribution in [-0.2, 0) is 4.79 Å². The molecule has 1 aromatic heterocycles. The monoisotopic (exact) mass is 272 g/mol. The van der Waals surface area contributed by atoms with Crippen LogP contribution >= 0.6 is 11.6 Å². The topological polar surface area (TPSA) is 88.4 Å². The van der Waals surface area contributed by atoms with Gasteiger partial charge in [-0.1, -0.05) is 0 Å². The molecule has 8 heteroatoms. The third-order valence-corrected chi connectivity index (χ3v) is 2.74. The second-order valence-electron chi connectivity index (χ2n) is 3.96. The number of halogens is 1. The number of ether oxygens (including phenoxy) is 1. The predicted molar refractivity (Wildman–Crippen MR) is 64.0 cm³/mol. The molecule has 0 atom stereocenters. The van der Waals surface area contributed by atoms with E-state index in [0.717, 1.165) is 12.8 Å². The van der Waals surface area contributed by atoms with Crippen molar-refractivity contribution < 1.29 is 14.6 Å². The lowest BCUT2D eigenvalue weighted by molar-refractivity contribution is -0.136. The Hall–Kier alpha value is -1.63. The number of carboxylic acid groups (broad SMARTS) is 1. The summed E-state index contributed by atoms with van der Waals surface area (Å²) >= 11 is 5.78. The summed E-state index contributed by atoms with van der Waals surface area (Å²) in [6.07, 6.45) is 2.04. The van der Waals surface area contributed by atoms with Crippen molar-refractivity contribution >= 4 is 23.5 Å². The van der Waals surface area contributed by atoms with Crippen molar-refractivity contribution in [3.63, 3.8) is 0 Å². The predicted octanol–water partition coefficient (Wildman–Crippen LogP) is 0.977. The molecule has 1 aliphatic carbocycles. The van der Waals surface area contributed by atoms with E-state index >= 15 is 0 Å². The molecule has 1 heterocycles. The number of carboxylic acids is 1. The van der Waals surface area contributed by atoms with E-state index < -0.39 is 5.97 Å². The molecule has 0 saturated heterocycles. The minimum atomic E-state index is -0.854. The van der Waals surface area contributed by atoms with Crippen LogP contribution in [0.1, 0.15) is 19.3 Å². The van der Waals surface area contributed by atoms with Gasteiger partial charge in [-0.3, -0.25) is 4.79 Å².